The van der Waals surface area contributed by atoms with E-state index in [2.05, 4.69) is 16.6 Å². The fourth-order valence-electron chi connectivity index (χ4n) is 1.56. The Kier molecular flexibility index (Phi) is 10.4. The molecule has 0 aliphatic carbocycles. The molecule has 0 aliphatic rings. The molecule has 3 N–H and O–H groups in total. The standard InChI is InChI=1S/C14H24N2O3/c1-3-4-5-6-10-15-14(19)16-11-9-12(2)7-8-13(17)18/h1,12H,4-11H2,2H3,(H,17,18)(H2,15,16,19). The van der Waals surface area contributed by atoms with Crippen LogP contribution in [-0.2, 0) is 4.79 Å². The van der Waals surface area contributed by atoms with Crippen LogP contribution in [0.25, 0.3) is 0 Å². The molecular formula is C14H24N2O3. The minimum Gasteiger partial charge on any atom is -0.481 e. The number of rotatable bonds is 10. The number of hydrogen-bond acceptors (Lipinski definition) is 2. The number of amides is 2. The Morgan fingerprint density at radius 3 is 2.53 bits per heavy atom. The molecule has 0 saturated heterocycles. The van der Waals surface area contributed by atoms with E-state index in [1.807, 2.05) is 6.92 Å². The molecule has 1 atom stereocenters. The summed E-state index contributed by atoms with van der Waals surface area (Å²) in [5, 5.41) is 14.0. The van der Waals surface area contributed by atoms with Crippen molar-refractivity contribution >= 4 is 12.0 Å². The van der Waals surface area contributed by atoms with Crippen LogP contribution in [0.15, 0.2) is 0 Å². The summed E-state index contributed by atoms with van der Waals surface area (Å²) in [6.07, 6.45) is 9.28. The van der Waals surface area contributed by atoms with Gasteiger partial charge in [0.1, 0.15) is 0 Å². The lowest BCUT2D eigenvalue weighted by Gasteiger charge is -2.11. The molecule has 0 rings (SSSR count). The molecule has 108 valence electrons. The monoisotopic (exact) mass is 268 g/mol. The van der Waals surface area contributed by atoms with Crippen molar-refractivity contribution < 1.29 is 14.7 Å². The first-order valence-electron chi connectivity index (χ1n) is 6.73. The van der Waals surface area contributed by atoms with Gasteiger partial charge in [-0.25, -0.2) is 4.79 Å². The van der Waals surface area contributed by atoms with Gasteiger partial charge < -0.3 is 15.7 Å². The smallest absolute Gasteiger partial charge is 0.314 e. The molecular weight excluding hydrogens is 244 g/mol. The maximum Gasteiger partial charge on any atom is 0.314 e. The molecule has 0 aromatic rings. The highest BCUT2D eigenvalue weighted by molar-refractivity contribution is 5.73. The molecule has 0 radical (unpaired) electrons. The van der Waals surface area contributed by atoms with Crippen molar-refractivity contribution in [2.75, 3.05) is 13.1 Å². The van der Waals surface area contributed by atoms with Gasteiger partial charge in [0.05, 0.1) is 0 Å². The van der Waals surface area contributed by atoms with Gasteiger partial charge in [0.25, 0.3) is 0 Å². The molecule has 0 heterocycles. The molecule has 0 bridgehead atoms. The fourth-order valence-corrected chi connectivity index (χ4v) is 1.56. The van der Waals surface area contributed by atoms with Crippen LogP contribution in [0.4, 0.5) is 4.79 Å². The quantitative estimate of drug-likeness (QED) is 0.419. The molecule has 0 spiro atoms. The van der Waals surface area contributed by atoms with E-state index in [0.717, 1.165) is 25.7 Å². The molecule has 0 saturated carbocycles. The van der Waals surface area contributed by atoms with E-state index in [9.17, 15) is 9.59 Å². The summed E-state index contributed by atoms with van der Waals surface area (Å²) in [6.45, 7) is 3.18. The zero-order valence-electron chi connectivity index (χ0n) is 11.6. The summed E-state index contributed by atoms with van der Waals surface area (Å²) in [7, 11) is 0. The van der Waals surface area contributed by atoms with Crippen molar-refractivity contribution in [1.82, 2.24) is 10.6 Å². The average Bonchev–Trinajstić information content (AvgIpc) is 2.36. The number of carboxylic acid groups (broad SMARTS) is 1. The maximum atomic E-state index is 11.4. The third kappa shape index (κ3) is 12.5. The molecule has 0 aromatic carbocycles. The van der Waals surface area contributed by atoms with Crippen LogP contribution >= 0.6 is 0 Å². The van der Waals surface area contributed by atoms with Crippen LogP contribution in [0.2, 0.25) is 0 Å². The number of carbonyl (C=O) groups excluding carboxylic acids is 1. The largest absolute Gasteiger partial charge is 0.481 e. The van der Waals surface area contributed by atoms with Crippen molar-refractivity contribution in [2.24, 2.45) is 5.92 Å². The highest BCUT2D eigenvalue weighted by atomic mass is 16.4. The highest BCUT2D eigenvalue weighted by Gasteiger charge is 2.06. The number of urea groups is 1. The van der Waals surface area contributed by atoms with Crippen molar-refractivity contribution in [3.8, 4) is 12.3 Å². The number of aliphatic carboxylic acids is 1. The van der Waals surface area contributed by atoms with E-state index in [4.69, 9.17) is 11.5 Å². The summed E-state index contributed by atoms with van der Waals surface area (Å²) in [4.78, 5) is 21.8. The lowest BCUT2D eigenvalue weighted by Crippen LogP contribution is -2.36. The van der Waals surface area contributed by atoms with Gasteiger partial charge in [-0.3, -0.25) is 4.79 Å². The first-order chi connectivity index (χ1) is 9.06. The third-order valence-corrected chi connectivity index (χ3v) is 2.81. The molecule has 5 heteroatoms. The van der Waals surface area contributed by atoms with Crippen LogP contribution in [0.5, 0.6) is 0 Å². The van der Waals surface area contributed by atoms with E-state index in [1.165, 1.54) is 0 Å². The lowest BCUT2D eigenvalue weighted by molar-refractivity contribution is -0.137. The second kappa shape index (κ2) is 11.4. The summed E-state index contributed by atoms with van der Waals surface area (Å²) in [6, 6.07) is -0.175. The Labute approximate surface area is 115 Å². The normalized spacial score (nSPS) is 11.4. The Bertz CT molecular complexity index is 310. The lowest BCUT2D eigenvalue weighted by atomic mass is 10.0. The summed E-state index contributed by atoms with van der Waals surface area (Å²) >= 11 is 0. The Morgan fingerprint density at radius 2 is 1.89 bits per heavy atom. The molecule has 1 unspecified atom stereocenters. The number of unbranched alkanes of at least 4 members (excludes halogenated alkanes) is 2. The number of nitrogens with one attached hydrogen (secondary N) is 2. The topological polar surface area (TPSA) is 78.4 Å². The zero-order valence-corrected chi connectivity index (χ0v) is 11.6. The molecule has 0 aliphatic heterocycles. The van der Waals surface area contributed by atoms with E-state index in [-0.39, 0.29) is 12.5 Å². The Balaban J connectivity index is 3.42. The average molecular weight is 268 g/mol. The van der Waals surface area contributed by atoms with E-state index in [1.54, 1.807) is 0 Å². The Hall–Kier alpha value is -1.70. The molecule has 0 aromatic heterocycles. The third-order valence-electron chi connectivity index (χ3n) is 2.81. The minimum absolute atomic E-state index is 0.175. The second-order valence-corrected chi connectivity index (χ2v) is 4.67. The van der Waals surface area contributed by atoms with Crippen molar-refractivity contribution in [3.63, 3.8) is 0 Å². The first-order valence-corrected chi connectivity index (χ1v) is 6.73. The van der Waals surface area contributed by atoms with Gasteiger partial charge in [0.15, 0.2) is 0 Å². The van der Waals surface area contributed by atoms with Gasteiger partial charge in [0.2, 0.25) is 0 Å². The number of terminal acetylenes is 1. The molecule has 0 fully saturated rings. The first kappa shape index (κ1) is 17.3. The number of carbonyl (C=O) groups is 2. The van der Waals surface area contributed by atoms with Crippen LogP contribution < -0.4 is 10.6 Å². The summed E-state index contributed by atoms with van der Waals surface area (Å²) in [5.74, 6) is 2.08. The van der Waals surface area contributed by atoms with Crippen molar-refractivity contribution in [3.05, 3.63) is 0 Å². The van der Waals surface area contributed by atoms with Gasteiger partial charge in [0, 0.05) is 25.9 Å². The predicted octanol–water partition coefficient (Wildman–Crippen LogP) is 1.98. The van der Waals surface area contributed by atoms with E-state index in [0.29, 0.717) is 25.4 Å². The van der Waals surface area contributed by atoms with Crippen LogP contribution in [-0.4, -0.2) is 30.2 Å². The maximum absolute atomic E-state index is 11.4. The summed E-state index contributed by atoms with van der Waals surface area (Å²) < 4.78 is 0. The molecule has 2 amide bonds. The zero-order chi connectivity index (χ0) is 14.5. The van der Waals surface area contributed by atoms with Gasteiger partial charge in [-0.15, -0.1) is 12.3 Å². The van der Waals surface area contributed by atoms with Gasteiger partial charge in [-0.2, -0.15) is 0 Å². The van der Waals surface area contributed by atoms with Gasteiger partial charge in [-0.05, 0) is 31.6 Å². The fraction of sp³-hybridized carbons (Fsp3) is 0.714. The van der Waals surface area contributed by atoms with Crippen molar-refractivity contribution in [2.45, 2.75) is 45.4 Å². The minimum atomic E-state index is -0.774. The predicted molar refractivity (Wildman–Crippen MR) is 74.7 cm³/mol. The number of hydrogen-bond donors (Lipinski definition) is 3. The van der Waals surface area contributed by atoms with E-state index < -0.39 is 5.97 Å². The molecule has 5 nitrogen and oxygen atoms in total. The Morgan fingerprint density at radius 1 is 1.21 bits per heavy atom. The van der Waals surface area contributed by atoms with Gasteiger partial charge in [-0.1, -0.05) is 6.92 Å². The van der Waals surface area contributed by atoms with Crippen molar-refractivity contribution in [1.29, 1.82) is 0 Å². The highest BCUT2D eigenvalue weighted by Crippen LogP contribution is 2.08. The van der Waals surface area contributed by atoms with E-state index >= 15 is 0 Å². The van der Waals surface area contributed by atoms with Gasteiger partial charge >= 0.3 is 12.0 Å². The summed E-state index contributed by atoms with van der Waals surface area (Å²) in [5.41, 5.74) is 0. The second-order valence-electron chi connectivity index (χ2n) is 4.67. The van der Waals surface area contributed by atoms with Crippen LogP contribution in [0, 0.1) is 18.3 Å². The van der Waals surface area contributed by atoms with Crippen LogP contribution in [0.3, 0.4) is 0 Å². The SMILES string of the molecule is C#CCCCCNC(=O)NCCC(C)CCC(=O)O. The van der Waals surface area contributed by atoms with Crippen LogP contribution in [0.1, 0.15) is 45.4 Å². The number of carboxylic acids is 1. The molecule has 19 heavy (non-hydrogen) atoms.